The SMILES string of the molecule is COC(=O)[C@H]1CCCN(c2cnc(C#N)cn2)C1. The van der Waals surface area contributed by atoms with Gasteiger partial charge in [0.05, 0.1) is 25.4 Å². The molecule has 1 aromatic rings. The number of nitrogens with zero attached hydrogens (tertiary/aromatic N) is 4. The summed E-state index contributed by atoms with van der Waals surface area (Å²) in [5.74, 6) is 0.408. The summed E-state index contributed by atoms with van der Waals surface area (Å²) in [6.07, 6.45) is 4.77. The van der Waals surface area contributed by atoms with Crippen LogP contribution in [0.15, 0.2) is 12.4 Å². The molecule has 0 aliphatic carbocycles. The van der Waals surface area contributed by atoms with Gasteiger partial charge in [0.25, 0.3) is 0 Å². The summed E-state index contributed by atoms with van der Waals surface area (Å²) < 4.78 is 4.77. The maximum Gasteiger partial charge on any atom is 0.310 e. The van der Waals surface area contributed by atoms with Gasteiger partial charge in [0.2, 0.25) is 0 Å². The van der Waals surface area contributed by atoms with Gasteiger partial charge in [0.15, 0.2) is 5.69 Å². The fourth-order valence-corrected chi connectivity index (χ4v) is 2.09. The van der Waals surface area contributed by atoms with E-state index in [1.54, 1.807) is 6.20 Å². The molecule has 1 aromatic heterocycles. The number of anilines is 1. The third-order valence-electron chi connectivity index (χ3n) is 3.03. The van der Waals surface area contributed by atoms with Crippen molar-refractivity contribution in [3.63, 3.8) is 0 Å². The zero-order chi connectivity index (χ0) is 13.0. The first-order valence-corrected chi connectivity index (χ1v) is 5.79. The number of methoxy groups -OCH3 is 1. The van der Waals surface area contributed by atoms with Gasteiger partial charge >= 0.3 is 5.97 Å². The highest BCUT2D eigenvalue weighted by Crippen LogP contribution is 2.21. The van der Waals surface area contributed by atoms with Gasteiger partial charge in [-0.05, 0) is 12.8 Å². The average Bonchev–Trinajstić information content (AvgIpc) is 2.46. The van der Waals surface area contributed by atoms with Crippen molar-refractivity contribution in [2.24, 2.45) is 5.92 Å². The van der Waals surface area contributed by atoms with E-state index in [0.717, 1.165) is 19.4 Å². The van der Waals surface area contributed by atoms with E-state index in [0.29, 0.717) is 18.1 Å². The lowest BCUT2D eigenvalue weighted by atomic mass is 9.98. The Hall–Kier alpha value is -2.16. The molecule has 1 fully saturated rings. The third kappa shape index (κ3) is 2.56. The normalized spacial score (nSPS) is 19.1. The van der Waals surface area contributed by atoms with Crippen molar-refractivity contribution in [3.8, 4) is 6.07 Å². The molecule has 1 aliphatic heterocycles. The Morgan fingerprint density at radius 1 is 1.56 bits per heavy atom. The van der Waals surface area contributed by atoms with Gasteiger partial charge in [0, 0.05) is 13.1 Å². The molecule has 0 unspecified atom stereocenters. The maximum atomic E-state index is 11.5. The molecule has 0 bridgehead atoms. The number of ether oxygens (including phenoxy) is 1. The van der Waals surface area contributed by atoms with Gasteiger partial charge < -0.3 is 9.64 Å². The van der Waals surface area contributed by atoms with Gasteiger partial charge in [-0.3, -0.25) is 4.79 Å². The highest BCUT2D eigenvalue weighted by molar-refractivity contribution is 5.73. The van der Waals surface area contributed by atoms with Gasteiger partial charge in [0.1, 0.15) is 11.9 Å². The van der Waals surface area contributed by atoms with Crippen LogP contribution < -0.4 is 4.90 Å². The fourth-order valence-electron chi connectivity index (χ4n) is 2.09. The van der Waals surface area contributed by atoms with Crippen LogP contribution in [0.1, 0.15) is 18.5 Å². The molecule has 0 radical (unpaired) electrons. The smallest absolute Gasteiger partial charge is 0.310 e. The minimum atomic E-state index is -0.179. The lowest BCUT2D eigenvalue weighted by molar-refractivity contribution is -0.145. The van der Waals surface area contributed by atoms with Crippen molar-refractivity contribution in [1.29, 1.82) is 5.26 Å². The molecule has 2 rings (SSSR count). The number of nitriles is 1. The largest absolute Gasteiger partial charge is 0.469 e. The van der Waals surface area contributed by atoms with Crippen LogP contribution in [-0.2, 0) is 9.53 Å². The quantitative estimate of drug-likeness (QED) is 0.716. The molecule has 0 aromatic carbocycles. The van der Waals surface area contributed by atoms with E-state index < -0.39 is 0 Å². The molecule has 0 saturated carbocycles. The Bertz CT molecular complexity index is 466. The molecule has 94 valence electrons. The zero-order valence-electron chi connectivity index (χ0n) is 10.2. The van der Waals surface area contributed by atoms with E-state index in [9.17, 15) is 4.79 Å². The third-order valence-corrected chi connectivity index (χ3v) is 3.03. The first kappa shape index (κ1) is 12.3. The maximum absolute atomic E-state index is 11.5. The number of rotatable bonds is 2. The van der Waals surface area contributed by atoms with Crippen molar-refractivity contribution >= 4 is 11.8 Å². The van der Waals surface area contributed by atoms with E-state index in [1.807, 2.05) is 11.0 Å². The highest BCUT2D eigenvalue weighted by Gasteiger charge is 2.27. The summed E-state index contributed by atoms with van der Waals surface area (Å²) in [5.41, 5.74) is 0.292. The monoisotopic (exact) mass is 246 g/mol. The predicted octanol–water partition coefficient (Wildman–Crippen LogP) is 0.738. The van der Waals surface area contributed by atoms with E-state index in [2.05, 4.69) is 9.97 Å². The van der Waals surface area contributed by atoms with Crippen molar-refractivity contribution in [1.82, 2.24) is 9.97 Å². The first-order chi connectivity index (χ1) is 8.74. The second-order valence-electron chi connectivity index (χ2n) is 4.18. The van der Waals surface area contributed by atoms with Crippen LogP contribution in [-0.4, -0.2) is 36.1 Å². The molecule has 1 aliphatic rings. The number of piperidine rings is 1. The molecule has 18 heavy (non-hydrogen) atoms. The molecule has 2 heterocycles. The Morgan fingerprint density at radius 3 is 3.00 bits per heavy atom. The molecule has 1 atom stereocenters. The van der Waals surface area contributed by atoms with E-state index in [1.165, 1.54) is 13.3 Å². The van der Waals surface area contributed by atoms with Crippen LogP contribution in [0, 0.1) is 17.2 Å². The van der Waals surface area contributed by atoms with Gasteiger partial charge in [-0.15, -0.1) is 0 Å². The summed E-state index contributed by atoms with van der Waals surface area (Å²) in [4.78, 5) is 21.7. The molecular formula is C12H14N4O2. The standard InChI is InChI=1S/C12H14N4O2/c1-18-12(17)9-3-2-4-16(8-9)11-7-14-10(5-13)6-15-11/h6-7,9H,2-4,8H2,1H3/t9-/m0/s1. The minimum absolute atomic E-state index is 0.110. The second-order valence-corrected chi connectivity index (χ2v) is 4.18. The fraction of sp³-hybridized carbons (Fsp3) is 0.500. The van der Waals surface area contributed by atoms with Crippen LogP contribution in [0.5, 0.6) is 0 Å². The second kappa shape index (κ2) is 5.45. The number of aromatic nitrogens is 2. The van der Waals surface area contributed by atoms with Crippen LogP contribution in [0.3, 0.4) is 0 Å². The summed E-state index contributed by atoms with van der Waals surface area (Å²) >= 11 is 0. The molecule has 0 amide bonds. The van der Waals surface area contributed by atoms with E-state index in [-0.39, 0.29) is 11.9 Å². The van der Waals surface area contributed by atoms with Crippen LogP contribution >= 0.6 is 0 Å². The summed E-state index contributed by atoms with van der Waals surface area (Å²) in [5, 5.41) is 8.66. The van der Waals surface area contributed by atoms with Crippen molar-refractivity contribution < 1.29 is 9.53 Å². The van der Waals surface area contributed by atoms with Crippen molar-refractivity contribution in [2.45, 2.75) is 12.8 Å². The number of carbonyl (C=O) groups excluding carboxylic acids is 1. The van der Waals surface area contributed by atoms with Crippen LogP contribution in [0.4, 0.5) is 5.82 Å². The lowest BCUT2D eigenvalue weighted by Crippen LogP contribution is -2.39. The molecule has 6 nitrogen and oxygen atoms in total. The molecular weight excluding hydrogens is 232 g/mol. The molecule has 1 saturated heterocycles. The zero-order valence-corrected chi connectivity index (χ0v) is 10.2. The topological polar surface area (TPSA) is 79.1 Å². The van der Waals surface area contributed by atoms with Crippen LogP contribution in [0.25, 0.3) is 0 Å². The summed E-state index contributed by atoms with van der Waals surface area (Å²) in [6.45, 7) is 1.43. The minimum Gasteiger partial charge on any atom is -0.469 e. The lowest BCUT2D eigenvalue weighted by Gasteiger charge is -2.31. The van der Waals surface area contributed by atoms with Gasteiger partial charge in [-0.25, -0.2) is 9.97 Å². The Morgan fingerprint density at radius 2 is 2.39 bits per heavy atom. The Balaban J connectivity index is 2.08. The van der Waals surface area contributed by atoms with Crippen LogP contribution in [0.2, 0.25) is 0 Å². The van der Waals surface area contributed by atoms with Crippen molar-refractivity contribution in [2.75, 3.05) is 25.1 Å². The Kier molecular flexibility index (Phi) is 3.72. The molecule has 6 heteroatoms. The van der Waals surface area contributed by atoms with Crippen molar-refractivity contribution in [3.05, 3.63) is 18.1 Å². The predicted molar refractivity (Wildman–Crippen MR) is 63.7 cm³/mol. The van der Waals surface area contributed by atoms with E-state index >= 15 is 0 Å². The number of esters is 1. The summed E-state index contributed by atoms with van der Waals surface area (Å²) in [7, 11) is 1.41. The Labute approximate surface area is 105 Å². The van der Waals surface area contributed by atoms with Gasteiger partial charge in [-0.1, -0.05) is 0 Å². The number of hydrogen-bond acceptors (Lipinski definition) is 6. The number of carbonyl (C=O) groups is 1. The number of hydrogen-bond donors (Lipinski definition) is 0. The molecule has 0 spiro atoms. The summed E-state index contributed by atoms with van der Waals surface area (Å²) in [6, 6.07) is 1.93. The van der Waals surface area contributed by atoms with E-state index in [4.69, 9.17) is 10.00 Å². The average molecular weight is 246 g/mol. The van der Waals surface area contributed by atoms with Gasteiger partial charge in [-0.2, -0.15) is 5.26 Å². The first-order valence-electron chi connectivity index (χ1n) is 5.79. The highest BCUT2D eigenvalue weighted by atomic mass is 16.5. The molecule has 0 N–H and O–H groups in total.